The molecule has 1 atom stereocenters. The summed E-state index contributed by atoms with van der Waals surface area (Å²) in [4.78, 5) is 2.19. The van der Waals surface area contributed by atoms with Crippen LogP contribution < -0.4 is 15.4 Å². The summed E-state index contributed by atoms with van der Waals surface area (Å²) in [5.74, 6) is 1.40. The predicted octanol–water partition coefficient (Wildman–Crippen LogP) is 2.21. The second-order valence-electron chi connectivity index (χ2n) is 5.95. The van der Waals surface area contributed by atoms with Crippen LogP contribution in [0.5, 0.6) is 11.8 Å². The highest BCUT2D eigenvalue weighted by atomic mass is 16.5. The lowest BCUT2D eigenvalue weighted by Crippen LogP contribution is -2.30. The first-order valence-electron chi connectivity index (χ1n) is 8.80. The van der Waals surface area contributed by atoms with Crippen molar-refractivity contribution in [1.82, 2.24) is 14.8 Å². The predicted molar refractivity (Wildman–Crippen MR) is 101 cm³/mol. The summed E-state index contributed by atoms with van der Waals surface area (Å²) in [5.41, 5.74) is 6.98. The molecule has 8 nitrogen and oxygen atoms in total. The number of ether oxygens (including phenoxy) is 3. The fourth-order valence-electron chi connectivity index (χ4n) is 2.63. The van der Waals surface area contributed by atoms with Gasteiger partial charge in [-0.3, -0.25) is 4.57 Å². The van der Waals surface area contributed by atoms with Crippen LogP contribution in [0.4, 0.5) is 5.69 Å². The van der Waals surface area contributed by atoms with E-state index in [-0.39, 0.29) is 6.04 Å². The van der Waals surface area contributed by atoms with E-state index < -0.39 is 0 Å². The van der Waals surface area contributed by atoms with Crippen molar-refractivity contribution in [2.45, 2.75) is 26.4 Å². The first kappa shape index (κ1) is 20.2. The molecule has 0 radical (unpaired) electrons. The van der Waals surface area contributed by atoms with Gasteiger partial charge >= 0.3 is 6.01 Å². The maximum atomic E-state index is 5.98. The minimum Gasteiger partial charge on any atom is -0.424 e. The SMILES string of the molecule is CCn1c(Oc2cccc(N(CCOC)CCOC)c2)nnc1[C@@H](C)N. The standard InChI is InChI=1S/C18H29N5O3/c1-5-23-17(14(2)19)20-21-18(23)26-16-8-6-7-15(13-16)22(9-11-24-3)10-12-25-4/h6-8,13-14H,5,9-12,19H2,1-4H3/t14-/m1/s1. The van der Waals surface area contributed by atoms with Gasteiger partial charge in [0.15, 0.2) is 5.82 Å². The van der Waals surface area contributed by atoms with Crippen molar-refractivity contribution >= 4 is 5.69 Å². The summed E-state index contributed by atoms with van der Waals surface area (Å²) >= 11 is 0. The van der Waals surface area contributed by atoms with Crippen LogP contribution >= 0.6 is 0 Å². The number of anilines is 1. The first-order chi connectivity index (χ1) is 12.6. The Labute approximate surface area is 154 Å². The topological polar surface area (TPSA) is 87.7 Å². The summed E-state index contributed by atoms with van der Waals surface area (Å²) < 4.78 is 18.3. The molecule has 144 valence electrons. The first-order valence-corrected chi connectivity index (χ1v) is 8.80. The Hall–Kier alpha value is -2.16. The normalized spacial score (nSPS) is 12.2. The molecule has 1 aromatic heterocycles. The summed E-state index contributed by atoms with van der Waals surface area (Å²) in [6, 6.07) is 8.11. The van der Waals surface area contributed by atoms with Crippen LogP contribution in [0.1, 0.15) is 25.7 Å². The third kappa shape index (κ3) is 5.17. The van der Waals surface area contributed by atoms with E-state index in [4.69, 9.17) is 19.9 Å². The highest BCUT2D eigenvalue weighted by molar-refractivity contribution is 5.51. The van der Waals surface area contributed by atoms with Gasteiger partial charge < -0.3 is 24.8 Å². The van der Waals surface area contributed by atoms with Crippen LogP contribution in [0, 0.1) is 0 Å². The summed E-state index contributed by atoms with van der Waals surface area (Å²) in [6.07, 6.45) is 0. The Morgan fingerprint density at radius 2 is 1.85 bits per heavy atom. The number of hydrogen-bond donors (Lipinski definition) is 1. The molecule has 1 heterocycles. The van der Waals surface area contributed by atoms with E-state index in [1.807, 2.05) is 42.7 Å². The van der Waals surface area contributed by atoms with Gasteiger partial charge in [0.1, 0.15) is 5.75 Å². The number of methoxy groups -OCH3 is 2. The Kier molecular flexibility index (Phi) is 7.83. The van der Waals surface area contributed by atoms with Crippen LogP contribution in [0.3, 0.4) is 0 Å². The molecule has 0 aliphatic carbocycles. The van der Waals surface area contributed by atoms with Crippen LogP contribution in [0.15, 0.2) is 24.3 Å². The monoisotopic (exact) mass is 363 g/mol. The van der Waals surface area contributed by atoms with Gasteiger partial charge in [0, 0.05) is 45.6 Å². The van der Waals surface area contributed by atoms with Crippen molar-refractivity contribution in [2.75, 3.05) is 45.4 Å². The highest BCUT2D eigenvalue weighted by Crippen LogP contribution is 2.26. The molecule has 2 N–H and O–H groups in total. The van der Waals surface area contributed by atoms with Gasteiger partial charge in [-0.2, -0.15) is 0 Å². The molecule has 8 heteroatoms. The number of rotatable bonds is 11. The van der Waals surface area contributed by atoms with Gasteiger partial charge in [0.05, 0.1) is 19.3 Å². The summed E-state index contributed by atoms with van der Waals surface area (Å²) in [5, 5.41) is 8.28. The number of nitrogens with two attached hydrogens (primary N) is 1. The fraction of sp³-hybridized carbons (Fsp3) is 0.556. The fourth-order valence-corrected chi connectivity index (χ4v) is 2.63. The molecule has 1 aromatic carbocycles. The molecule has 26 heavy (non-hydrogen) atoms. The van der Waals surface area contributed by atoms with E-state index in [0.29, 0.717) is 37.3 Å². The van der Waals surface area contributed by atoms with Crippen LogP contribution in [0.2, 0.25) is 0 Å². The van der Waals surface area contributed by atoms with E-state index >= 15 is 0 Å². The van der Waals surface area contributed by atoms with Gasteiger partial charge in [-0.1, -0.05) is 11.2 Å². The van der Waals surface area contributed by atoms with Gasteiger partial charge in [-0.15, -0.1) is 5.10 Å². The van der Waals surface area contributed by atoms with Crippen molar-refractivity contribution in [3.8, 4) is 11.8 Å². The number of hydrogen-bond acceptors (Lipinski definition) is 7. The maximum absolute atomic E-state index is 5.98. The van der Waals surface area contributed by atoms with Gasteiger partial charge in [0.25, 0.3) is 0 Å². The van der Waals surface area contributed by atoms with Gasteiger partial charge in [-0.25, -0.2) is 0 Å². The second-order valence-corrected chi connectivity index (χ2v) is 5.95. The third-order valence-corrected chi connectivity index (χ3v) is 3.99. The Balaban J connectivity index is 2.20. The van der Waals surface area contributed by atoms with E-state index in [2.05, 4.69) is 15.1 Å². The molecule has 0 saturated carbocycles. The van der Waals surface area contributed by atoms with Gasteiger partial charge in [0.2, 0.25) is 0 Å². The van der Waals surface area contributed by atoms with Crippen molar-refractivity contribution < 1.29 is 14.2 Å². The molecule has 0 amide bonds. The summed E-state index contributed by atoms with van der Waals surface area (Å²) in [7, 11) is 3.39. The summed E-state index contributed by atoms with van der Waals surface area (Å²) in [6.45, 7) is 7.38. The number of benzene rings is 1. The molecule has 2 rings (SSSR count). The van der Waals surface area contributed by atoms with E-state index in [0.717, 1.165) is 18.8 Å². The zero-order valence-electron chi connectivity index (χ0n) is 16.0. The van der Waals surface area contributed by atoms with Crippen LogP contribution in [-0.2, 0) is 16.0 Å². The molecule has 0 bridgehead atoms. The molecule has 0 spiro atoms. The average molecular weight is 363 g/mol. The lowest BCUT2D eigenvalue weighted by molar-refractivity contribution is 0.190. The van der Waals surface area contributed by atoms with Crippen molar-refractivity contribution in [3.05, 3.63) is 30.1 Å². The molecule has 0 aliphatic heterocycles. The molecule has 0 aliphatic rings. The lowest BCUT2D eigenvalue weighted by Gasteiger charge is -2.24. The Bertz CT molecular complexity index is 667. The second kappa shape index (κ2) is 10.1. The van der Waals surface area contributed by atoms with Gasteiger partial charge in [-0.05, 0) is 26.0 Å². The smallest absolute Gasteiger partial charge is 0.322 e. The maximum Gasteiger partial charge on any atom is 0.322 e. The highest BCUT2D eigenvalue weighted by Gasteiger charge is 2.16. The Morgan fingerprint density at radius 1 is 1.15 bits per heavy atom. The quantitative estimate of drug-likeness (QED) is 0.655. The average Bonchev–Trinajstić information content (AvgIpc) is 3.05. The van der Waals surface area contributed by atoms with E-state index in [1.54, 1.807) is 14.2 Å². The minimum atomic E-state index is -0.204. The molecule has 2 aromatic rings. The zero-order valence-corrected chi connectivity index (χ0v) is 16.0. The number of aromatic nitrogens is 3. The molecule has 0 saturated heterocycles. The third-order valence-electron chi connectivity index (χ3n) is 3.99. The largest absolute Gasteiger partial charge is 0.424 e. The van der Waals surface area contributed by atoms with Crippen molar-refractivity contribution in [1.29, 1.82) is 0 Å². The van der Waals surface area contributed by atoms with E-state index in [9.17, 15) is 0 Å². The minimum absolute atomic E-state index is 0.204. The van der Waals surface area contributed by atoms with E-state index in [1.165, 1.54) is 0 Å². The van der Waals surface area contributed by atoms with Crippen LogP contribution in [0.25, 0.3) is 0 Å². The van der Waals surface area contributed by atoms with Crippen molar-refractivity contribution in [2.24, 2.45) is 5.73 Å². The zero-order chi connectivity index (χ0) is 18.9. The lowest BCUT2D eigenvalue weighted by atomic mass is 10.2. The number of nitrogens with zero attached hydrogens (tertiary/aromatic N) is 4. The van der Waals surface area contributed by atoms with Crippen molar-refractivity contribution in [3.63, 3.8) is 0 Å². The Morgan fingerprint density at radius 3 is 2.42 bits per heavy atom. The molecular weight excluding hydrogens is 334 g/mol. The van der Waals surface area contributed by atoms with Crippen LogP contribution in [-0.4, -0.2) is 55.3 Å². The molecule has 0 unspecified atom stereocenters. The molecular formula is C18H29N5O3. The molecule has 0 fully saturated rings.